The molecule has 0 saturated heterocycles. The van der Waals surface area contributed by atoms with Gasteiger partial charge in [-0.25, -0.2) is 9.59 Å². The summed E-state index contributed by atoms with van der Waals surface area (Å²) in [5.41, 5.74) is 3.51. The molecule has 0 amide bonds. The first kappa shape index (κ1) is 31.1. The molecule has 3 N–H and O–H groups in total. The summed E-state index contributed by atoms with van der Waals surface area (Å²) in [6, 6.07) is 7.98. The zero-order valence-electron chi connectivity index (χ0n) is 23.9. The van der Waals surface area contributed by atoms with Crippen LogP contribution < -0.4 is 0 Å². The van der Waals surface area contributed by atoms with Crippen LogP contribution in [-0.2, 0) is 36.0 Å². The third kappa shape index (κ3) is 5.29. The monoisotopic (exact) mass is 686 g/mol. The van der Waals surface area contributed by atoms with Crippen molar-refractivity contribution in [1.29, 1.82) is 0 Å². The van der Waals surface area contributed by atoms with Gasteiger partial charge < -0.3 is 20.1 Å². The average molecular weight is 688 g/mol. The minimum atomic E-state index is -1.54. The highest BCUT2D eigenvalue weighted by atomic mass is 79.9. The Morgan fingerprint density at radius 3 is 1.66 bits per heavy atom. The first-order valence-electron chi connectivity index (χ1n) is 14.3. The van der Waals surface area contributed by atoms with Crippen LogP contribution in [0.3, 0.4) is 0 Å². The summed E-state index contributed by atoms with van der Waals surface area (Å²) in [4.78, 5) is 25.9. The molecule has 1 heterocycles. The van der Waals surface area contributed by atoms with E-state index in [9.17, 15) is 24.9 Å². The molecule has 0 unspecified atom stereocenters. The van der Waals surface area contributed by atoms with Gasteiger partial charge >= 0.3 is 11.9 Å². The highest BCUT2D eigenvalue weighted by molar-refractivity contribution is 9.11. The van der Waals surface area contributed by atoms with Crippen molar-refractivity contribution in [2.45, 2.75) is 84.7 Å². The number of phenolic OH excluding ortho intramolecular Hbond substituents is 2. The molecule has 3 aromatic carbocycles. The first-order valence-corrected chi connectivity index (χ1v) is 15.8. The number of esters is 1. The molecule has 1 aliphatic heterocycles. The fourth-order valence-corrected chi connectivity index (χ4v) is 7.89. The second-order valence-corrected chi connectivity index (χ2v) is 12.2. The molecular weight excluding hydrogens is 652 g/mol. The number of benzene rings is 3. The number of hydrogen-bond acceptors (Lipinski definition) is 5. The Morgan fingerprint density at radius 2 is 1.24 bits per heavy atom. The van der Waals surface area contributed by atoms with E-state index in [2.05, 4.69) is 31.9 Å². The Kier molecular flexibility index (Phi) is 9.54. The van der Waals surface area contributed by atoms with Crippen LogP contribution in [0.5, 0.6) is 11.5 Å². The van der Waals surface area contributed by atoms with E-state index in [1.54, 1.807) is 12.1 Å². The van der Waals surface area contributed by atoms with Crippen molar-refractivity contribution in [3.05, 3.63) is 89.3 Å². The molecule has 41 heavy (non-hydrogen) atoms. The lowest BCUT2D eigenvalue weighted by Gasteiger charge is -2.37. The number of phenols is 2. The van der Waals surface area contributed by atoms with Crippen molar-refractivity contribution in [3.63, 3.8) is 0 Å². The summed E-state index contributed by atoms with van der Waals surface area (Å²) in [6.07, 6.45) is 5.40. The summed E-state index contributed by atoms with van der Waals surface area (Å²) >= 11 is 7.67. The van der Waals surface area contributed by atoms with Crippen molar-refractivity contribution in [2.24, 2.45) is 0 Å². The molecule has 0 aromatic heterocycles. The lowest BCUT2D eigenvalue weighted by atomic mass is 9.73. The third-order valence-electron chi connectivity index (χ3n) is 7.71. The van der Waals surface area contributed by atoms with Crippen LogP contribution in [0, 0.1) is 0 Å². The van der Waals surface area contributed by atoms with Crippen molar-refractivity contribution in [1.82, 2.24) is 0 Å². The van der Waals surface area contributed by atoms with Gasteiger partial charge in [-0.1, -0.05) is 53.4 Å². The molecule has 0 spiro atoms. The molecule has 1 aliphatic rings. The van der Waals surface area contributed by atoms with Gasteiger partial charge in [0.15, 0.2) is 5.60 Å². The van der Waals surface area contributed by atoms with Crippen molar-refractivity contribution < 1.29 is 29.6 Å². The normalized spacial score (nSPS) is 13.8. The van der Waals surface area contributed by atoms with E-state index in [0.29, 0.717) is 62.4 Å². The Bertz CT molecular complexity index is 1440. The number of rotatable bonds is 11. The van der Waals surface area contributed by atoms with E-state index in [-0.39, 0.29) is 22.6 Å². The smallest absolute Gasteiger partial charge is 0.340 e. The second-order valence-electron chi connectivity index (χ2n) is 10.6. The number of halogens is 2. The van der Waals surface area contributed by atoms with Gasteiger partial charge in [-0.2, -0.15) is 0 Å². The third-order valence-corrected chi connectivity index (χ3v) is 9.46. The van der Waals surface area contributed by atoms with Crippen molar-refractivity contribution >= 4 is 43.8 Å². The van der Waals surface area contributed by atoms with Gasteiger partial charge in [-0.3, -0.25) is 0 Å². The predicted octanol–water partition coefficient (Wildman–Crippen LogP) is 8.59. The number of aromatic carboxylic acids is 1. The largest absolute Gasteiger partial charge is 0.508 e. The Morgan fingerprint density at radius 1 is 0.780 bits per heavy atom. The van der Waals surface area contributed by atoms with E-state index in [1.807, 2.05) is 27.7 Å². The van der Waals surface area contributed by atoms with Gasteiger partial charge in [0.2, 0.25) is 0 Å². The maximum atomic E-state index is 13.7. The Balaban J connectivity index is 2.31. The van der Waals surface area contributed by atoms with Crippen molar-refractivity contribution in [2.75, 3.05) is 0 Å². The standard InChI is InChI=1S/C33H36Br2O6/c1-5-9-18-16-25(36)22(11-7-3)29(34)27(18)33(24-15-20(31(38)39)13-14-21(24)32(40)41-33)28-19(10-6-2)17-26(37)23(12-8-4)30(28)35/h13-17,36-37H,5-12H2,1-4H3,(H,38,39). The lowest BCUT2D eigenvalue weighted by Crippen LogP contribution is -2.34. The summed E-state index contributed by atoms with van der Waals surface area (Å²) in [5.74, 6) is -1.35. The number of carbonyl (C=O) groups is 2. The zero-order chi connectivity index (χ0) is 30.1. The van der Waals surface area contributed by atoms with E-state index < -0.39 is 17.5 Å². The van der Waals surface area contributed by atoms with E-state index in [0.717, 1.165) is 36.8 Å². The van der Waals surface area contributed by atoms with E-state index in [4.69, 9.17) is 4.74 Å². The number of aromatic hydroxyl groups is 2. The molecule has 4 rings (SSSR count). The van der Waals surface area contributed by atoms with Gasteiger partial charge in [-0.15, -0.1) is 0 Å². The van der Waals surface area contributed by atoms with Gasteiger partial charge in [0.1, 0.15) is 11.5 Å². The summed E-state index contributed by atoms with van der Waals surface area (Å²) in [6.45, 7) is 8.13. The number of aryl methyl sites for hydroxylation is 2. The molecule has 0 atom stereocenters. The molecule has 6 nitrogen and oxygen atoms in total. The quantitative estimate of drug-likeness (QED) is 0.175. The number of fused-ring (bicyclic) bond motifs is 1. The van der Waals surface area contributed by atoms with Gasteiger partial charge in [-0.05, 0) is 99.0 Å². The molecule has 0 fully saturated rings. The molecular formula is C33H36Br2O6. The maximum absolute atomic E-state index is 13.7. The predicted molar refractivity (Wildman–Crippen MR) is 166 cm³/mol. The summed E-state index contributed by atoms with van der Waals surface area (Å²) in [7, 11) is 0. The van der Waals surface area contributed by atoms with Crippen LogP contribution in [0.1, 0.15) is 113 Å². The molecule has 0 saturated carbocycles. The fourth-order valence-electron chi connectivity index (χ4n) is 6.02. The first-order chi connectivity index (χ1) is 19.6. The fraction of sp³-hybridized carbons (Fsp3) is 0.394. The molecule has 0 aliphatic carbocycles. The molecule has 3 aromatic rings. The highest BCUT2D eigenvalue weighted by Crippen LogP contribution is 2.56. The van der Waals surface area contributed by atoms with Crippen LogP contribution in [0.25, 0.3) is 0 Å². The second kappa shape index (κ2) is 12.6. The number of carboxylic acid groups (broad SMARTS) is 1. The lowest BCUT2D eigenvalue weighted by molar-refractivity contribution is 0.0242. The van der Waals surface area contributed by atoms with Crippen LogP contribution in [0.4, 0.5) is 0 Å². The van der Waals surface area contributed by atoms with Crippen LogP contribution in [0.2, 0.25) is 0 Å². The minimum Gasteiger partial charge on any atom is -0.508 e. The van der Waals surface area contributed by atoms with Crippen LogP contribution in [0.15, 0.2) is 39.3 Å². The molecule has 0 radical (unpaired) electrons. The summed E-state index contributed by atoms with van der Waals surface area (Å²) < 4.78 is 7.81. The average Bonchev–Trinajstić information content (AvgIpc) is 3.20. The molecule has 218 valence electrons. The number of carboxylic acids is 1. The molecule has 0 bridgehead atoms. The molecule has 8 heteroatoms. The number of hydrogen-bond donors (Lipinski definition) is 3. The van der Waals surface area contributed by atoms with Gasteiger partial charge in [0.25, 0.3) is 0 Å². The number of ether oxygens (including phenoxy) is 1. The minimum absolute atomic E-state index is 0.0351. The topological polar surface area (TPSA) is 104 Å². The Labute approximate surface area is 258 Å². The zero-order valence-corrected chi connectivity index (χ0v) is 27.0. The van der Waals surface area contributed by atoms with E-state index in [1.165, 1.54) is 18.2 Å². The van der Waals surface area contributed by atoms with Gasteiger partial charge in [0.05, 0.1) is 11.1 Å². The van der Waals surface area contributed by atoms with Crippen LogP contribution in [-0.4, -0.2) is 27.3 Å². The van der Waals surface area contributed by atoms with Crippen molar-refractivity contribution in [3.8, 4) is 11.5 Å². The SMILES string of the molecule is CCCc1cc(O)c(CCC)c(Br)c1C1(c2c(CCC)cc(O)c(CCC)c2Br)OC(=O)c2ccc(C(=O)O)cc21. The highest BCUT2D eigenvalue weighted by Gasteiger charge is 2.53. The summed E-state index contributed by atoms with van der Waals surface area (Å²) in [5, 5.41) is 32.2. The number of cyclic esters (lactones) is 1. The maximum Gasteiger partial charge on any atom is 0.340 e. The van der Waals surface area contributed by atoms with E-state index >= 15 is 0 Å². The van der Waals surface area contributed by atoms with Crippen LogP contribution >= 0.6 is 31.9 Å². The number of carbonyl (C=O) groups excluding carboxylic acids is 1. The Hall–Kier alpha value is -2.84. The van der Waals surface area contributed by atoms with Gasteiger partial charge in [0, 0.05) is 36.8 Å².